The van der Waals surface area contributed by atoms with E-state index >= 15 is 0 Å². The number of imide groups is 1. The molecule has 0 aliphatic carbocycles. The Bertz CT molecular complexity index is 592. The summed E-state index contributed by atoms with van der Waals surface area (Å²) in [6.45, 7) is 1.17. The molecule has 1 aromatic carbocycles. The first-order chi connectivity index (χ1) is 10.5. The Morgan fingerprint density at radius 3 is 2.23 bits per heavy atom. The molecule has 1 aliphatic rings. The summed E-state index contributed by atoms with van der Waals surface area (Å²) in [7, 11) is 0. The van der Waals surface area contributed by atoms with E-state index in [2.05, 4.69) is 4.84 Å². The van der Waals surface area contributed by atoms with Crippen molar-refractivity contribution in [2.24, 2.45) is 0 Å². The van der Waals surface area contributed by atoms with Gasteiger partial charge >= 0.3 is 12.1 Å². The Labute approximate surface area is 125 Å². The number of ether oxygens (including phenoxy) is 2. The highest BCUT2D eigenvalue weighted by Crippen LogP contribution is 2.15. The minimum absolute atomic E-state index is 0.0176. The van der Waals surface area contributed by atoms with Crippen LogP contribution in [0.4, 0.5) is 4.79 Å². The van der Waals surface area contributed by atoms with Crippen molar-refractivity contribution < 1.29 is 33.5 Å². The Morgan fingerprint density at radius 1 is 1.09 bits per heavy atom. The average molecular weight is 307 g/mol. The molecule has 0 spiro atoms. The maximum absolute atomic E-state index is 11.4. The molecule has 0 N–H and O–H groups in total. The fourth-order valence-corrected chi connectivity index (χ4v) is 1.72. The van der Waals surface area contributed by atoms with Crippen LogP contribution in [0.25, 0.3) is 0 Å². The van der Waals surface area contributed by atoms with Crippen molar-refractivity contribution in [2.75, 3.05) is 0 Å². The molecule has 0 unspecified atom stereocenters. The van der Waals surface area contributed by atoms with Crippen molar-refractivity contribution in [3.8, 4) is 5.75 Å². The maximum Gasteiger partial charge on any atom is 0.534 e. The van der Waals surface area contributed by atoms with E-state index in [0.717, 1.165) is 0 Å². The summed E-state index contributed by atoms with van der Waals surface area (Å²) in [4.78, 5) is 49.2. The topological polar surface area (TPSA) is 99.2 Å². The molecular weight excluding hydrogens is 294 g/mol. The predicted molar refractivity (Wildman–Crippen MR) is 70.1 cm³/mol. The van der Waals surface area contributed by atoms with E-state index in [1.165, 1.54) is 6.92 Å². The number of esters is 1. The largest absolute Gasteiger partial charge is 0.534 e. The first-order valence-electron chi connectivity index (χ1n) is 6.43. The van der Waals surface area contributed by atoms with Gasteiger partial charge < -0.3 is 9.47 Å². The van der Waals surface area contributed by atoms with Crippen molar-refractivity contribution >= 4 is 23.9 Å². The van der Waals surface area contributed by atoms with E-state index in [1.54, 1.807) is 24.3 Å². The number of rotatable bonds is 4. The van der Waals surface area contributed by atoms with Gasteiger partial charge in [0.1, 0.15) is 12.4 Å². The van der Waals surface area contributed by atoms with Gasteiger partial charge in [-0.15, -0.1) is 0 Å². The van der Waals surface area contributed by atoms with Crippen LogP contribution >= 0.6 is 0 Å². The molecule has 2 amide bonds. The highest BCUT2D eigenvalue weighted by Gasteiger charge is 2.33. The van der Waals surface area contributed by atoms with Gasteiger partial charge in [-0.3, -0.25) is 19.2 Å². The fourth-order valence-electron chi connectivity index (χ4n) is 1.72. The van der Waals surface area contributed by atoms with Gasteiger partial charge in [0.25, 0.3) is 11.8 Å². The van der Waals surface area contributed by atoms with Gasteiger partial charge in [-0.25, -0.2) is 4.79 Å². The monoisotopic (exact) mass is 307 g/mol. The van der Waals surface area contributed by atoms with E-state index in [1.807, 2.05) is 0 Å². The summed E-state index contributed by atoms with van der Waals surface area (Å²) < 4.78 is 9.65. The number of amides is 2. The van der Waals surface area contributed by atoms with E-state index in [4.69, 9.17) is 9.47 Å². The molecule has 1 saturated heterocycles. The van der Waals surface area contributed by atoms with Crippen LogP contribution in [-0.4, -0.2) is 29.0 Å². The first-order valence-corrected chi connectivity index (χ1v) is 6.43. The van der Waals surface area contributed by atoms with Crippen molar-refractivity contribution in [1.29, 1.82) is 0 Å². The molecule has 22 heavy (non-hydrogen) atoms. The highest BCUT2D eigenvalue weighted by atomic mass is 16.8. The van der Waals surface area contributed by atoms with Crippen LogP contribution < -0.4 is 4.74 Å². The van der Waals surface area contributed by atoms with Gasteiger partial charge in [0.2, 0.25) is 0 Å². The van der Waals surface area contributed by atoms with Crippen molar-refractivity contribution in [3.05, 3.63) is 29.8 Å². The number of carbonyl (C=O) groups excluding carboxylic acids is 4. The second-order valence-corrected chi connectivity index (χ2v) is 4.45. The number of carbonyl (C=O) groups is 4. The average Bonchev–Trinajstić information content (AvgIpc) is 2.78. The van der Waals surface area contributed by atoms with E-state index in [0.29, 0.717) is 16.4 Å². The summed E-state index contributed by atoms with van der Waals surface area (Å²) >= 11 is 0. The molecule has 0 radical (unpaired) electrons. The molecule has 1 fully saturated rings. The van der Waals surface area contributed by atoms with Gasteiger partial charge in [-0.1, -0.05) is 17.2 Å². The van der Waals surface area contributed by atoms with Crippen molar-refractivity contribution in [2.45, 2.75) is 26.4 Å². The second-order valence-electron chi connectivity index (χ2n) is 4.45. The molecule has 0 atom stereocenters. The second kappa shape index (κ2) is 6.70. The quantitative estimate of drug-likeness (QED) is 0.470. The van der Waals surface area contributed by atoms with Crippen LogP contribution in [0.3, 0.4) is 0 Å². The molecule has 1 heterocycles. The van der Waals surface area contributed by atoms with Crippen LogP contribution in [0.1, 0.15) is 25.3 Å². The predicted octanol–water partition coefficient (Wildman–Crippen LogP) is 1.33. The minimum atomic E-state index is -1.15. The lowest BCUT2D eigenvalue weighted by atomic mass is 10.2. The summed E-state index contributed by atoms with van der Waals surface area (Å²) in [6.07, 6.45) is -1.11. The fraction of sp³-hybridized carbons (Fsp3) is 0.286. The standard InChI is InChI=1S/C14H13NO7/c1-9(16)21-11-4-2-10(3-5-11)8-20-14(19)22-15-12(17)6-7-13(15)18/h2-5H,6-8H2,1H3. The zero-order valence-electron chi connectivity index (χ0n) is 11.7. The number of hydroxylamine groups is 2. The highest BCUT2D eigenvalue weighted by molar-refractivity contribution is 6.01. The summed E-state index contributed by atoms with van der Waals surface area (Å²) in [6, 6.07) is 6.27. The van der Waals surface area contributed by atoms with Crippen molar-refractivity contribution in [1.82, 2.24) is 5.06 Å². The lowest BCUT2D eigenvalue weighted by Gasteiger charge is -2.12. The molecule has 0 bridgehead atoms. The molecule has 0 saturated carbocycles. The Hall–Kier alpha value is -2.90. The molecule has 0 aromatic heterocycles. The number of benzene rings is 1. The van der Waals surface area contributed by atoms with Crippen LogP contribution in [-0.2, 0) is 30.6 Å². The summed E-state index contributed by atoms with van der Waals surface area (Å²) in [5, 5.41) is 0.409. The molecule has 116 valence electrons. The van der Waals surface area contributed by atoms with E-state index < -0.39 is 23.9 Å². The molecule has 8 heteroatoms. The number of hydrogen-bond donors (Lipinski definition) is 0. The van der Waals surface area contributed by atoms with Gasteiger partial charge in [0.05, 0.1) is 0 Å². The SMILES string of the molecule is CC(=O)Oc1ccc(COC(=O)ON2C(=O)CCC2=O)cc1. The molecule has 1 aliphatic heterocycles. The van der Waals surface area contributed by atoms with Gasteiger partial charge in [-0.2, -0.15) is 0 Å². The van der Waals surface area contributed by atoms with Crippen LogP contribution in [0.2, 0.25) is 0 Å². The molecule has 2 rings (SSSR count). The minimum Gasteiger partial charge on any atom is -0.428 e. The third kappa shape index (κ3) is 4.05. The van der Waals surface area contributed by atoms with E-state index in [9.17, 15) is 19.2 Å². The maximum atomic E-state index is 11.4. The van der Waals surface area contributed by atoms with Gasteiger partial charge in [-0.05, 0) is 17.7 Å². The Kier molecular flexibility index (Phi) is 4.72. The number of nitrogens with zero attached hydrogens (tertiary/aromatic N) is 1. The zero-order chi connectivity index (χ0) is 16.1. The van der Waals surface area contributed by atoms with Crippen LogP contribution in [0.5, 0.6) is 5.75 Å². The smallest absolute Gasteiger partial charge is 0.428 e. The first kappa shape index (κ1) is 15.5. The Balaban J connectivity index is 1.82. The van der Waals surface area contributed by atoms with E-state index in [-0.39, 0.29) is 19.4 Å². The van der Waals surface area contributed by atoms with Gasteiger partial charge in [0.15, 0.2) is 0 Å². The lowest BCUT2D eigenvalue weighted by Crippen LogP contribution is -2.32. The molecule has 8 nitrogen and oxygen atoms in total. The Morgan fingerprint density at radius 2 is 1.68 bits per heavy atom. The third-order valence-corrected chi connectivity index (χ3v) is 2.71. The summed E-state index contributed by atoms with van der Waals surface area (Å²) in [5.41, 5.74) is 0.618. The zero-order valence-corrected chi connectivity index (χ0v) is 11.7. The van der Waals surface area contributed by atoms with Gasteiger partial charge in [0, 0.05) is 19.8 Å². The van der Waals surface area contributed by atoms with Crippen LogP contribution in [0, 0.1) is 0 Å². The van der Waals surface area contributed by atoms with Crippen molar-refractivity contribution in [3.63, 3.8) is 0 Å². The molecule has 1 aromatic rings. The molecular formula is C14H13NO7. The third-order valence-electron chi connectivity index (χ3n) is 2.71. The normalized spacial score (nSPS) is 14.0. The van der Waals surface area contributed by atoms with Crippen LogP contribution in [0.15, 0.2) is 24.3 Å². The summed E-state index contributed by atoms with van der Waals surface area (Å²) in [5.74, 6) is -1.22. The number of hydrogen-bond acceptors (Lipinski definition) is 7. The lowest BCUT2D eigenvalue weighted by molar-refractivity contribution is -0.177.